The first-order chi connectivity index (χ1) is 8.92. The number of nitrogens with zero attached hydrogens (tertiary/aromatic N) is 1. The number of likely N-dealkylation sites (N-methyl/N-ethyl adjacent to an activating group) is 1. The number of hydrogen-bond acceptors (Lipinski definition) is 3. The molecule has 0 spiro atoms. The molecule has 2 N–H and O–H groups in total. The molecule has 0 unspecified atom stereocenters. The topological polar surface area (TPSA) is 52.6 Å². The zero-order chi connectivity index (χ0) is 14.0. The minimum Gasteiger partial charge on any atom is -0.388 e. The van der Waals surface area contributed by atoms with Gasteiger partial charge in [-0.05, 0) is 26.0 Å². The summed E-state index contributed by atoms with van der Waals surface area (Å²) < 4.78 is 0. The number of carbonyl (C=O) groups is 1. The molecule has 1 aliphatic heterocycles. The molecule has 1 amide bonds. The first kappa shape index (κ1) is 14.0. The molecule has 1 saturated heterocycles. The van der Waals surface area contributed by atoms with Crippen molar-refractivity contribution in [3.8, 4) is 0 Å². The van der Waals surface area contributed by atoms with Gasteiger partial charge in [0.05, 0.1) is 17.7 Å². The van der Waals surface area contributed by atoms with Crippen molar-refractivity contribution in [2.45, 2.75) is 38.0 Å². The van der Waals surface area contributed by atoms with E-state index in [-0.39, 0.29) is 18.0 Å². The molecular formula is C15H22N2O2. The third-order valence-corrected chi connectivity index (χ3v) is 3.93. The van der Waals surface area contributed by atoms with E-state index < -0.39 is 5.60 Å². The summed E-state index contributed by atoms with van der Waals surface area (Å²) in [4.78, 5) is 13.6. The second kappa shape index (κ2) is 5.31. The van der Waals surface area contributed by atoms with Crippen LogP contribution in [0.4, 0.5) is 0 Å². The lowest BCUT2D eigenvalue weighted by atomic mass is 9.80. The predicted molar refractivity (Wildman–Crippen MR) is 74.7 cm³/mol. The predicted octanol–water partition coefficient (Wildman–Crippen LogP) is 1.32. The molecule has 0 aromatic heterocycles. The van der Waals surface area contributed by atoms with Gasteiger partial charge in [-0.2, -0.15) is 0 Å². The Balaban J connectivity index is 2.37. The first-order valence-corrected chi connectivity index (χ1v) is 6.66. The zero-order valence-electron chi connectivity index (χ0n) is 11.8. The Kier molecular flexibility index (Phi) is 3.92. The molecule has 0 radical (unpaired) electrons. The van der Waals surface area contributed by atoms with E-state index in [1.807, 2.05) is 37.4 Å². The van der Waals surface area contributed by atoms with Gasteiger partial charge in [0.1, 0.15) is 0 Å². The molecule has 0 saturated carbocycles. The molecule has 1 heterocycles. The molecule has 3 atom stereocenters. The van der Waals surface area contributed by atoms with E-state index in [1.54, 1.807) is 6.92 Å². The molecule has 1 fully saturated rings. The standard InChI is InChI=1S/C15H22N2O2/c1-11(18)16-14-13(12-7-5-4-6-8-12)17(3)10-9-15(14,2)19/h4-8,13-14,19H,9-10H2,1-3H3,(H,16,18)/t13-,14-,15+/m0/s1. The highest BCUT2D eigenvalue weighted by Crippen LogP contribution is 2.35. The Labute approximate surface area is 114 Å². The number of hydrogen-bond donors (Lipinski definition) is 2. The quantitative estimate of drug-likeness (QED) is 0.845. The molecule has 19 heavy (non-hydrogen) atoms. The number of likely N-dealkylation sites (tertiary alicyclic amines) is 1. The maximum Gasteiger partial charge on any atom is 0.217 e. The monoisotopic (exact) mass is 262 g/mol. The summed E-state index contributed by atoms with van der Waals surface area (Å²) >= 11 is 0. The maximum absolute atomic E-state index is 11.4. The molecule has 2 rings (SSSR count). The van der Waals surface area contributed by atoms with E-state index in [1.165, 1.54) is 6.92 Å². The summed E-state index contributed by atoms with van der Waals surface area (Å²) in [5.41, 5.74) is 0.224. The van der Waals surface area contributed by atoms with Crippen molar-refractivity contribution in [2.24, 2.45) is 0 Å². The van der Waals surface area contributed by atoms with Crippen LogP contribution in [0.3, 0.4) is 0 Å². The minimum atomic E-state index is -0.890. The molecular weight excluding hydrogens is 240 g/mol. The third kappa shape index (κ3) is 2.96. The fraction of sp³-hybridized carbons (Fsp3) is 0.533. The zero-order valence-corrected chi connectivity index (χ0v) is 11.8. The van der Waals surface area contributed by atoms with E-state index in [9.17, 15) is 9.90 Å². The highest BCUT2D eigenvalue weighted by molar-refractivity contribution is 5.73. The van der Waals surface area contributed by atoms with Crippen molar-refractivity contribution in [3.05, 3.63) is 35.9 Å². The van der Waals surface area contributed by atoms with Crippen molar-refractivity contribution in [1.82, 2.24) is 10.2 Å². The largest absolute Gasteiger partial charge is 0.388 e. The van der Waals surface area contributed by atoms with Gasteiger partial charge in [-0.25, -0.2) is 0 Å². The number of nitrogens with one attached hydrogen (secondary N) is 1. The molecule has 0 bridgehead atoms. The lowest BCUT2D eigenvalue weighted by Gasteiger charge is -2.47. The van der Waals surface area contributed by atoms with Crippen LogP contribution in [0.25, 0.3) is 0 Å². The van der Waals surface area contributed by atoms with Crippen LogP contribution in [-0.2, 0) is 4.79 Å². The van der Waals surface area contributed by atoms with Crippen LogP contribution in [0.2, 0.25) is 0 Å². The molecule has 4 nitrogen and oxygen atoms in total. The van der Waals surface area contributed by atoms with E-state index in [2.05, 4.69) is 10.2 Å². The second-order valence-corrected chi connectivity index (χ2v) is 5.62. The molecule has 1 aromatic carbocycles. The van der Waals surface area contributed by atoms with Crippen molar-refractivity contribution in [3.63, 3.8) is 0 Å². The van der Waals surface area contributed by atoms with Gasteiger partial charge < -0.3 is 10.4 Å². The van der Waals surface area contributed by atoms with Gasteiger partial charge in [-0.1, -0.05) is 30.3 Å². The van der Waals surface area contributed by atoms with Gasteiger partial charge in [0.25, 0.3) is 0 Å². The van der Waals surface area contributed by atoms with E-state index >= 15 is 0 Å². The minimum absolute atomic E-state index is 0.00569. The second-order valence-electron chi connectivity index (χ2n) is 5.62. The van der Waals surface area contributed by atoms with Crippen molar-refractivity contribution < 1.29 is 9.90 Å². The number of carbonyl (C=O) groups excluding carboxylic acids is 1. The molecule has 4 heteroatoms. The Morgan fingerprint density at radius 2 is 2.05 bits per heavy atom. The number of aliphatic hydroxyl groups is 1. The Morgan fingerprint density at radius 3 is 2.63 bits per heavy atom. The van der Waals surface area contributed by atoms with Crippen LogP contribution in [-0.4, -0.2) is 41.1 Å². The van der Waals surface area contributed by atoms with Crippen LogP contribution < -0.4 is 5.32 Å². The SMILES string of the molecule is CC(=O)N[C@H]1[C@H](c2ccccc2)N(C)CC[C@@]1(C)O. The van der Waals surface area contributed by atoms with Gasteiger partial charge in [-0.15, -0.1) is 0 Å². The Hall–Kier alpha value is -1.39. The van der Waals surface area contributed by atoms with Gasteiger partial charge in [0.2, 0.25) is 5.91 Å². The summed E-state index contributed by atoms with van der Waals surface area (Å²) in [6.07, 6.45) is 0.651. The Bertz CT molecular complexity index is 445. The van der Waals surface area contributed by atoms with Crippen LogP contribution in [0.1, 0.15) is 31.9 Å². The fourth-order valence-electron chi connectivity index (χ4n) is 2.84. The summed E-state index contributed by atoms with van der Waals surface area (Å²) in [6.45, 7) is 4.10. The summed E-state index contributed by atoms with van der Waals surface area (Å²) in [7, 11) is 2.03. The van der Waals surface area contributed by atoms with Crippen molar-refractivity contribution in [2.75, 3.05) is 13.6 Å². The molecule has 1 aliphatic rings. The van der Waals surface area contributed by atoms with Gasteiger partial charge in [0.15, 0.2) is 0 Å². The highest BCUT2D eigenvalue weighted by atomic mass is 16.3. The maximum atomic E-state index is 11.4. The number of piperidine rings is 1. The number of benzene rings is 1. The van der Waals surface area contributed by atoms with E-state index in [4.69, 9.17) is 0 Å². The number of amides is 1. The molecule has 104 valence electrons. The van der Waals surface area contributed by atoms with Crippen LogP contribution in [0.15, 0.2) is 30.3 Å². The van der Waals surface area contributed by atoms with Gasteiger partial charge in [0, 0.05) is 13.5 Å². The van der Waals surface area contributed by atoms with E-state index in [0.717, 1.165) is 12.1 Å². The molecule has 0 aliphatic carbocycles. The smallest absolute Gasteiger partial charge is 0.217 e. The number of rotatable bonds is 2. The summed E-state index contributed by atoms with van der Waals surface area (Å²) in [5, 5.41) is 13.5. The average Bonchev–Trinajstić information content (AvgIpc) is 2.35. The molecule has 1 aromatic rings. The highest BCUT2D eigenvalue weighted by Gasteiger charge is 2.44. The third-order valence-electron chi connectivity index (χ3n) is 3.93. The van der Waals surface area contributed by atoms with Crippen LogP contribution in [0.5, 0.6) is 0 Å². The summed E-state index contributed by atoms with van der Waals surface area (Å²) in [5.74, 6) is -0.110. The Morgan fingerprint density at radius 1 is 1.42 bits per heavy atom. The lowest BCUT2D eigenvalue weighted by Crippen LogP contribution is -2.61. The fourth-order valence-corrected chi connectivity index (χ4v) is 2.84. The van der Waals surface area contributed by atoms with Gasteiger partial charge in [-0.3, -0.25) is 9.69 Å². The van der Waals surface area contributed by atoms with Crippen LogP contribution in [0, 0.1) is 0 Å². The van der Waals surface area contributed by atoms with Crippen molar-refractivity contribution in [1.29, 1.82) is 0 Å². The normalized spacial score (nSPS) is 32.0. The van der Waals surface area contributed by atoms with Crippen LogP contribution >= 0.6 is 0 Å². The first-order valence-electron chi connectivity index (χ1n) is 6.66. The lowest BCUT2D eigenvalue weighted by molar-refractivity contribution is -0.125. The summed E-state index contributed by atoms with van der Waals surface area (Å²) in [6, 6.07) is 9.71. The van der Waals surface area contributed by atoms with Crippen molar-refractivity contribution >= 4 is 5.91 Å². The van der Waals surface area contributed by atoms with Gasteiger partial charge >= 0.3 is 0 Å². The van der Waals surface area contributed by atoms with E-state index in [0.29, 0.717) is 6.42 Å². The average molecular weight is 262 g/mol.